The van der Waals surface area contributed by atoms with Gasteiger partial charge in [-0.2, -0.15) is 0 Å². The fourth-order valence-corrected chi connectivity index (χ4v) is 5.48. The van der Waals surface area contributed by atoms with Crippen LogP contribution >= 0.6 is 11.3 Å². The van der Waals surface area contributed by atoms with Gasteiger partial charge in [-0.1, -0.05) is 17.7 Å². The number of sulfonamides is 1. The number of amides is 1. The van der Waals surface area contributed by atoms with Crippen molar-refractivity contribution in [3.05, 3.63) is 76.2 Å². The summed E-state index contributed by atoms with van der Waals surface area (Å²) in [7, 11) is -3.12. The molecule has 0 atom stereocenters. The van der Waals surface area contributed by atoms with E-state index in [-0.39, 0.29) is 15.5 Å². The average Bonchev–Trinajstić information content (AvgIpc) is 3.25. The topological polar surface area (TPSA) is 92.8 Å². The molecule has 0 aliphatic carbocycles. The number of hydrogen-bond acceptors (Lipinski definition) is 6. The quantitative estimate of drug-likeness (QED) is 0.539. The number of esters is 1. The molecule has 3 rings (SSSR count). The number of carbonyl (C=O) groups excluding carboxylic acids is 2. The maximum absolute atomic E-state index is 13.4. The molecule has 1 N–H and O–H groups in total. The summed E-state index contributed by atoms with van der Waals surface area (Å²) in [6.07, 6.45) is 0. The molecule has 0 aliphatic rings. The van der Waals surface area contributed by atoms with E-state index in [1.54, 1.807) is 24.3 Å². The Balaban J connectivity index is 1.97. The van der Waals surface area contributed by atoms with Gasteiger partial charge in [0.05, 0.1) is 12.8 Å². The van der Waals surface area contributed by atoms with Crippen LogP contribution in [-0.4, -0.2) is 33.9 Å². The Labute approximate surface area is 183 Å². The van der Waals surface area contributed by atoms with Gasteiger partial charge in [0.2, 0.25) is 5.91 Å². The fourth-order valence-electron chi connectivity index (χ4n) is 2.75. The second-order valence-corrected chi connectivity index (χ2v) is 9.25. The zero-order valence-electron chi connectivity index (χ0n) is 16.7. The predicted molar refractivity (Wildman–Crippen MR) is 116 cm³/mol. The highest BCUT2D eigenvalue weighted by molar-refractivity contribution is 7.93. The standard InChI is InChI=1S/C21H19FN2O5S2/c1-14-3-9-17(10-4-14)24(13-19(25)23-16-7-5-15(22)6-8-16)31(27,28)18-11-12-30-20(18)21(26)29-2/h3-12H,13H2,1-2H3,(H,23,25). The van der Waals surface area contributed by atoms with Crippen molar-refractivity contribution >= 4 is 44.6 Å². The van der Waals surface area contributed by atoms with Crippen LogP contribution in [0.3, 0.4) is 0 Å². The van der Waals surface area contributed by atoms with Gasteiger partial charge in [0.1, 0.15) is 22.1 Å². The van der Waals surface area contributed by atoms with Gasteiger partial charge in [0, 0.05) is 5.69 Å². The van der Waals surface area contributed by atoms with E-state index in [0.29, 0.717) is 5.69 Å². The van der Waals surface area contributed by atoms with Crippen LogP contribution in [0.5, 0.6) is 0 Å². The minimum Gasteiger partial charge on any atom is -0.465 e. The molecular formula is C21H19FN2O5S2. The number of aryl methyl sites for hydroxylation is 1. The molecule has 0 saturated carbocycles. The monoisotopic (exact) mass is 462 g/mol. The molecule has 1 aromatic heterocycles. The van der Waals surface area contributed by atoms with E-state index in [1.807, 2.05) is 6.92 Å². The second kappa shape index (κ2) is 9.27. The highest BCUT2D eigenvalue weighted by Gasteiger charge is 2.32. The van der Waals surface area contributed by atoms with Gasteiger partial charge in [-0.15, -0.1) is 11.3 Å². The van der Waals surface area contributed by atoms with Gasteiger partial charge >= 0.3 is 5.97 Å². The van der Waals surface area contributed by atoms with E-state index < -0.39 is 34.3 Å². The summed E-state index contributed by atoms with van der Waals surface area (Å²) < 4.78 is 45.6. The predicted octanol–water partition coefficient (Wildman–Crippen LogP) is 3.82. The summed E-state index contributed by atoms with van der Waals surface area (Å²) in [5.41, 5.74) is 1.47. The Morgan fingerprint density at radius 2 is 1.71 bits per heavy atom. The van der Waals surface area contributed by atoms with Crippen molar-refractivity contribution in [2.45, 2.75) is 11.8 Å². The van der Waals surface area contributed by atoms with Gasteiger partial charge in [0.15, 0.2) is 0 Å². The normalized spacial score (nSPS) is 11.1. The molecule has 0 unspecified atom stereocenters. The molecule has 3 aromatic rings. The third-order valence-corrected chi connectivity index (χ3v) is 7.14. The molecule has 0 spiro atoms. The number of nitrogens with one attached hydrogen (secondary N) is 1. The highest BCUT2D eigenvalue weighted by atomic mass is 32.2. The van der Waals surface area contributed by atoms with E-state index in [0.717, 1.165) is 28.3 Å². The van der Waals surface area contributed by atoms with Gasteiger partial charge in [-0.3, -0.25) is 9.10 Å². The maximum atomic E-state index is 13.4. The van der Waals surface area contributed by atoms with Gasteiger partial charge in [-0.25, -0.2) is 17.6 Å². The summed E-state index contributed by atoms with van der Waals surface area (Å²) in [6.45, 7) is 1.29. The zero-order valence-corrected chi connectivity index (χ0v) is 18.3. The lowest BCUT2D eigenvalue weighted by molar-refractivity contribution is -0.114. The molecule has 1 amide bonds. The summed E-state index contributed by atoms with van der Waals surface area (Å²) >= 11 is 0.931. The molecule has 0 aliphatic heterocycles. The van der Waals surface area contributed by atoms with Crippen molar-refractivity contribution in [2.75, 3.05) is 23.3 Å². The lowest BCUT2D eigenvalue weighted by atomic mass is 10.2. The minimum atomic E-state index is -4.28. The summed E-state index contributed by atoms with van der Waals surface area (Å²) in [5, 5.41) is 4.01. The van der Waals surface area contributed by atoms with Crippen LogP contribution in [0, 0.1) is 12.7 Å². The first-order valence-corrected chi connectivity index (χ1v) is 11.3. The summed E-state index contributed by atoms with van der Waals surface area (Å²) in [5.74, 6) is -1.88. The average molecular weight is 463 g/mol. The van der Waals surface area contributed by atoms with Crippen molar-refractivity contribution < 1.29 is 27.1 Å². The number of hydrogen-bond donors (Lipinski definition) is 1. The number of carbonyl (C=O) groups is 2. The SMILES string of the molecule is COC(=O)c1sccc1S(=O)(=O)N(CC(=O)Nc1ccc(F)cc1)c1ccc(C)cc1. The Morgan fingerprint density at radius 3 is 2.32 bits per heavy atom. The van der Waals surface area contributed by atoms with Gasteiger partial charge in [0.25, 0.3) is 10.0 Å². The Morgan fingerprint density at radius 1 is 1.06 bits per heavy atom. The van der Waals surface area contributed by atoms with Crippen molar-refractivity contribution in [3.8, 4) is 0 Å². The van der Waals surface area contributed by atoms with E-state index in [9.17, 15) is 22.4 Å². The maximum Gasteiger partial charge on any atom is 0.349 e. The van der Waals surface area contributed by atoms with Crippen molar-refractivity contribution in [1.82, 2.24) is 0 Å². The largest absolute Gasteiger partial charge is 0.465 e. The smallest absolute Gasteiger partial charge is 0.349 e. The van der Waals surface area contributed by atoms with E-state index in [1.165, 1.54) is 35.7 Å². The van der Waals surface area contributed by atoms with Crippen molar-refractivity contribution in [2.24, 2.45) is 0 Å². The number of halogens is 1. The number of anilines is 2. The minimum absolute atomic E-state index is 0.0847. The lowest BCUT2D eigenvalue weighted by Gasteiger charge is -2.24. The molecule has 10 heteroatoms. The molecule has 0 saturated heterocycles. The number of thiophene rings is 1. The second-order valence-electron chi connectivity index (χ2n) is 6.51. The van der Waals surface area contributed by atoms with Crippen molar-refractivity contribution in [1.29, 1.82) is 0 Å². The van der Waals surface area contributed by atoms with Crippen LogP contribution in [0.1, 0.15) is 15.2 Å². The van der Waals surface area contributed by atoms with E-state index in [2.05, 4.69) is 10.1 Å². The third kappa shape index (κ3) is 5.09. The van der Waals surface area contributed by atoms with E-state index in [4.69, 9.17) is 0 Å². The molecule has 0 radical (unpaired) electrons. The van der Waals surface area contributed by atoms with Gasteiger partial charge in [-0.05, 0) is 54.8 Å². The molecule has 162 valence electrons. The number of ether oxygens (including phenoxy) is 1. The Hall–Kier alpha value is -3.24. The Kier molecular flexibility index (Phi) is 6.71. The third-order valence-electron chi connectivity index (χ3n) is 4.31. The summed E-state index contributed by atoms with van der Waals surface area (Å²) in [4.78, 5) is 24.3. The van der Waals surface area contributed by atoms with Crippen LogP contribution in [0.15, 0.2) is 64.9 Å². The molecule has 7 nitrogen and oxygen atoms in total. The van der Waals surface area contributed by atoms with Crippen LogP contribution in [0.2, 0.25) is 0 Å². The molecular weight excluding hydrogens is 443 g/mol. The van der Waals surface area contributed by atoms with Crippen LogP contribution in [0.4, 0.5) is 15.8 Å². The van der Waals surface area contributed by atoms with Crippen molar-refractivity contribution in [3.63, 3.8) is 0 Å². The molecule has 31 heavy (non-hydrogen) atoms. The van der Waals surface area contributed by atoms with Crippen LogP contribution in [0.25, 0.3) is 0 Å². The van der Waals surface area contributed by atoms with E-state index >= 15 is 0 Å². The lowest BCUT2D eigenvalue weighted by Crippen LogP contribution is -2.38. The first-order valence-electron chi connectivity index (χ1n) is 9.03. The number of methoxy groups -OCH3 is 1. The van der Waals surface area contributed by atoms with Crippen LogP contribution < -0.4 is 9.62 Å². The molecule has 0 fully saturated rings. The number of nitrogens with zero attached hydrogens (tertiary/aromatic N) is 1. The number of benzene rings is 2. The van der Waals surface area contributed by atoms with Crippen LogP contribution in [-0.2, 0) is 19.6 Å². The summed E-state index contributed by atoms with van der Waals surface area (Å²) in [6, 6.07) is 13.0. The number of rotatable bonds is 7. The molecule has 1 heterocycles. The first-order chi connectivity index (χ1) is 14.7. The Bertz CT molecular complexity index is 1190. The zero-order chi connectivity index (χ0) is 22.6. The van der Waals surface area contributed by atoms with Gasteiger partial charge < -0.3 is 10.1 Å². The first kappa shape index (κ1) is 22.4. The molecule has 0 bridgehead atoms. The molecule has 2 aromatic carbocycles. The highest BCUT2D eigenvalue weighted by Crippen LogP contribution is 2.29. The fraction of sp³-hybridized carbons (Fsp3) is 0.143.